The first-order valence-corrected chi connectivity index (χ1v) is 13.2. The van der Waals surface area contributed by atoms with Crippen molar-refractivity contribution in [3.8, 4) is 33.5 Å². The second-order valence-corrected chi connectivity index (χ2v) is 10.9. The van der Waals surface area contributed by atoms with Gasteiger partial charge >= 0.3 is 0 Å². The van der Waals surface area contributed by atoms with Crippen molar-refractivity contribution in [1.82, 2.24) is 19.7 Å². The maximum Gasteiger partial charge on any atom is 0.231 e. The molecule has 0 saturated carbocycles. The van der Waals surface area contributed by atoms with Gasteiger partial charge in [-0.25, -0.2) is 4.98 Å². The number of thiophene rings is 1. The fraction of sp³-hybridized carbons (Fsp3) is 0.348. The Balaban J connectivity index is 1.33. The van der Waals surface area contributed by atoms with Crippen molar-refractivity contribution in [3.63, 3.8) is 0 Å². The summed E-state index contributed by atoms with van der Waals surface area (Å²) in [6.45, 7) is 9.06. The Bertz CT molecular complexity index is 1240. The van der Waals surface area contributed by atoms with E-state index in [4.69, 9.17) is 14.5 Å². The number of fused-ring (bicyclic) bond motifs is 1. The largest absolute Gasteiger partial charge is 0.454 e. The van der Waals surface area contributed by atoms with Crippen molar-refractivity contribution in [2.24, 2.45) is 0 Å². The van der Waals surface area contributed by atoms with E-state index < -0.39 is 0 Å². The summed E-state index contributed by atoms with van der Waals surface area (Å²) in [5, 5.41) is 15.2. The van der Waals surface area contributed by atoms with Gasteiger partial charge in [-0.05, 0) is 44.0 Å². The maximum atomic E-state index is 5.49. The third kappa shape index (κ3) is 4.16. The van der Waals surface area contributed by atoms with E-state index in [1.165, 1.54) is 4.88 Å². The average Bonchev–Trinajstić information content (AvgIpc) is 3.57. The van der Waals surface area contributed by atoms with Crippen LogP contribution in [0.5, 0.6) is 11.5 Å². The molecule has 0 spiro atoms. The average molecular weight is 485 g/mol. The van der Waals surface area contributed by atoms with Crippen LogP contribution in [0.1, 0.15) is 50.2 Å². The second-order valence-electron chi connectivity index (χ2n) is 8.16. The third-order valence-electron chi connectivity index (χ3n) is 5.15. The van der Waals surface area contributed by atoms with E-state index >= 15 is 0 Å². The molecule has 5 rings (SSSR count). The topological polar surface area (TPSA) is 62.1 Å². The number of thioether (sulfide) groups is 1. The summed E-state index contributed by atoms with van der Waals surface area (Å²) in [6.07, 6.45) is 0. The fourth-order valence-electron chi connectivity index (χ4n) is 3.48. The van der Waals surface area contributed by atoms with Crippen LogP contribution in [0.25, 0.3) is 22.0 Å². The van der Waals surface area contributed by atoms with Gasteiger partial charge in [-0.2, -0.15) is 0 Å². The van der Waals surface area contributed by atoms with E-state index in [0.29, 0.717) is 5.92 Å². The van der Waals surface area contributed by atoms with Gasteiger partial charge in [0, 0.05) is 38.6 Å². The van der Waals surface area contributed by atoms with E-state index in [0.717, 1.165) is 50.1 Å². The van der Waals surface area contributed by atoms with Crippen molar-refractivity contribution in [1.29, 1.82) is 0 Å². The summed E-state index contributed by atoms with van der Waals surface area (Å²) in [5.41, 5.74) is 3.22. The zero-order valence-corrected chi connectivity index (χ0v) is 20.8. The minimum absolute atomic E-state index is 0.268. The Morgan fingerprint density at radius 2 is 1.84 bits per heavy atom. The lowest BCUT2D eigenvalue weighted by Gasteiger charge is -2.12. The zero-order valence-electron chi connectivity index (χ0n) is 18.4. The third-order valence-corrected chi connectivity index (χ3v) is 8.30. The van der Waals surface area contributed by atoms with Crippen molar-refractivity contribution in [3.05, 3.63) is 45.6 Å². The Labute approximate surface area is 199 Å². The Hall–Kier alpha value is -2.36. The van der Waals surface area contributed by atoms with E-state index in [9.17, 15) is 0 Å². The lowest BCUT2D eigenvalue weighted by atomic mass is 10.1. The van der Waals surface area contributed by atoms with Crippen molar-refractivity contribution >= 4 is 34.4 Å². The molecule has 0 unspecified atom stereocenters. The molecule has 0 bridgehead atoms. The number of thiazole rings is 1. The maximum absolute atomic E-state index is 5.49. The molecule has 4 heterocycles. The minimum Gasteiger partial charge on any atom is -0.454 e. The van der Waals surface area contributed by atoms with Crippen LogP contribution < -0.4 is 9.47 Å². The van der Waals surface area contributed by atoms with Gasteiger partial charge in [0.05, 0.1) is 5.69 Å². The van der Waals surface area contributed by atoms with Crippen molar-refractivity contribution < 1.29 is 9.47 Å². The predicted octanol–water partition coefficient (Wildman–Crippen LogP) is 6.86. The Morgan fingerprint density at radius 3 is 2.62 bits per heavy atom. The fourth-order valence-corrected chi connectivity index (χ4v) is 6.27. The van der Waals surface area contributed by atoms with Gasteiger partial charge < -0.3 is 9.47 Å². The number of ether oxygens (including phenoxy) is 2. The molecular weight excluding hydrogens is 460 g/mol. The van der Waals surface area contributed by atoms with E-state index in [2.05, 4.69) is 59.3 Å². The summed E-state index contributed by atoms with van der Waals surface area (Å²) < 4.78 is 13.1. The summed E-state index contributed by atoms with van der Waals surface area (Å²) in [7, 11) is 0. The molecule has 0 saturated heterocycles. The highest BCUT2D eigenvalue weighted by Crippen LogP contribution is 2.38. The molecule has 0 fully saturated rings. The minimum atomic E-state index is 0.268. The molecule has 166 valence electrons. The van der Waals surface area contributed by atoms with Gasteiger partial charge in [0.25, 0.3) is 0 Å². The highest BCUT2D eigenvalue weighted by molar-refractivity contribution is 7.98. The first-order chi connectivity index (χ1) is 15.5. The van der Waals surface area contributed by atoms with Crippen molar-refractivity contribution in [2.75, 3.05) is 6.79 Å². The number of hydrogen-bond acceptors (Lipinski definition) is 8. The first-order valence-electron chi connectivity index (χ1n) is 10.5. The highest BCUT2D eigenvalue weighted by atomic mass is 32.2. The molecule has 0 atom stereocenters. The zero-order chi connectivity index (χ0) is 22.2. The van der Waals surface area contributed by atoms with Crippen LogP contribution in [0.15, 0.2) is 40.2 Å². The van der Waals surface area contributed by atoms with Gasteiger partial charge in [0.15, 0.2) is 22.5 Å². The van der Waals surface area contributed by atoms with E-state index in [1.54, 1.807) is 34.4 Å². The Kier molecular flexibility index (Phi) is 5.96. The quantitative estimate of drug-likeness (QED) is 0.267. The van der Waals surface area contributed by atoms with Gasteiger partial charge in [0.1, 0.15) is 5.01 Å². The number of benzene rings is 1. The molecule has 9 heteroatoms. The molecule has 1 aliphatic heterocycles. The van der Waals surface area contributed by atoms with Gasteiger partial charge in [-0.3, -0.25) is 4.57 Å². The lowest BCUT2D eigenvalue weighted by Crippen LogP contribution is -2.04. The van der Waals surface area contributed by atoms with E-state index in [-0.39, 0.29) is 12.8 Å². The lowest BCUT2D eigenvalue weighted by molar-refractivity contribution is 0.174. The standard InChI is InChI=1S/C23H24N4O2S3/c1-13(2)20-8-16(9-30-20)21-25-26-23(27(21)14(3)4)32-11-17-10-31-22(24-17)15-5-6-18-19(7-15)29-12-28-18/h5-10,13-14H,11-12H2,1-4H3. The molecule has 0 N–H and O–H groups in total. The number of hydrogen-bond donors (Lipinski definition) is 0. The van der Waals surface area contributed by atoms with Gasteiger partial charge in [0.2, 0.25) is 6.79 Å². The molecule has 0 amide bonds. The highest BCUT2D eigenvalue weighted by Gasteiger charge is 2.19. The molecule has 1 aromatic carbocycles. The smallest absolute Gasteiger partial charge is 0.231 e. The molecule has 1 aliphatic rings. The van der Waals surface area contributed by atoms with Gasteiger partial charge in [-0.1, -0.05) is 25.6 Å². The number of aromatic nitrogens is 4. The number of rotatable bonds is 7. The van der Waals surface area contributed by atoms with Crippen LogP contribution in [0.2, 0.25) is 0 Å². The molecule has 0 radical (unpaired) electrons. The van der Waals surface area contributed by atoms with Crippen LogP contribution in [0, 0.1) is 0 Å². The van der Waals surface area contributed by atoms with Crippen LogP contribution in [-0.2, 0) is 5.75 Å². The first kappa shape index (κ1) is 21.5. The van der Waals surface area contributed by atoms with Crippen molar-refractivity contribution in [2.45, 2.75) is 50.6 Å². The number of nitrogens with zero attached hydrogens (tertiary/aromatic N) is 4. The summed E-state index contributed by atoms with van der Waals surface area (Å²) in [6, 6.07) is 8.47. The Morgan fingerprint density at radius 1 is 1.00 bits per heavy atom. The van der Waals surface area contributed by atoms with Crippen LogP contribution >= 0.6 is 34.4 Å². The van der Waals surface area contributed by atoms with Crippen LogP contribution in [-0.4, -0.2) is 26.5 Å². The van der Waals surface area contributed by atoms with Crippen LogP contribution in [0.4, 0.5) is 0 Å². The van der Waals surface area contributed by atoms with Gasteiger partial charge in [-0.15, -0.1) is 32.9 Å². The summed E-state index contributed by atoms with van der Waals surface area (Å²) in [4.78, 5) is 6.20. The SMILES string of the molecule is CC(C)c1cc(-c2nnc(SCc3csc(-c4ccc5c(c4)OCO5)n3)n2C(C)C)cs1. The summed E-state index contributed by atoms with van der Waals surface area (Å²) >= 11 is 5.10. The molecule has 0 aliphatic carbocycles. The second kappa shape index (κ2) is 8.88. The normalized spacial score (nSPS) is 12.9. The predicted molar refractivity (Wildman–Crippen MR) is 131 cm³/mol. The summed E-state index contributed by atoms with van der Waals surface area (Å²) in [5.74, 6) is 3.76. The molecule has 32 heavy (non-hydrogen) atoms. The molecular formula is C23H24N4O2S3. The molecule has 6 nitrogen and oxygen atoms in total. The molecule has 4 aromatic rings. The monoisotopic (exact) mass is 484 g/mol. The molecule has 3 aromatic heterocycles. The van der Waals surface area contributed by atoms with Crippen LogP contribution in [0.3, 0.4) is 0 Å². The van der Waals surface area contributed by atoms with E-state index in [1.807, 2.05) is 18.2 Å².